The van der Waals surface area contributed by atoms with Gasteiger partial charge in [0.25, 0.3) is 0 Å². The second-order valence-electron chi connectivity index (χ2n) is 26.1. The zero-order valence-corrected chi connectivity index (χ0v) is 56.2. The van der Waals surface area contributed by atoms with Crippen molar-refractivity contribution in [2.45, 2.75) is 90.4 Å². The number of hydrogen-bond donors (Lipinski definition) is 0. The Labute approximate surface area is 545 Å². The lowest BCUT2D eigenvalue weighted by molar-refractivity contribution is -0.870. The van der Waals surface area contributed by atoms with Gasteiger partial charge in [0.1, 0.15) is 23.0 Å². The highest BCUT2D eigenvalue weighted by molar-refractivity contribution is 6.39. The van der Waals surface area contributed by atoms with E-state index in [1.54, 1.807) is 0 Å². The normalized spacial score (nSPS) is 15.2. The van der Waals surface area contributed by atoms with Gasteiger partial charge in [-0.2, -0.15) is 0 Å². The Morgan fingerprint density at radius 3 is 0.716 bits per heavy atom. The fourth-order valence-electron chi connectivity index (χ4n) is 11.1. The number of aliphatic imine (C=N–C) groups is 4. The number of quaternary nitrogens is 3. The van der Waals surface area contributed by atoms with Crippen LogP contribution in [0.1, 0.15) is 113 Å². The zero-order chi connectivity index (χ0) is 59.8. The largest absolute Gasteiger partial charge is 1.00 e. The van der Waals surface area contributed by atoms with Gasteiger partial charge in [-0.1, -0.05) is 113 Å². The minimum absolute atomic E-state index is 0. The van der Waals surface area contributed by atoms with Crippen LogP contribution in [0.5, 0.6) is 23.0 Å². The fraction of sp³-hybridized carbons (Fsp3) is 0.405. The average molecular weight is 1250 g/mol. The van der Waals surface area contributed by atoms with Gasteiger partial charge in [0, 0.05) is 41.6 Å². The van der Waals surface area contributed by atoms with E-state index >= 15 is 0 Å². The van der Waals surface area contributed by atoms with Gasteiger partial charge >= 0.3 is 0 Å². The summed E-state index contributed by atoms with van der Waals surface area (Å²) in [6, 6.07) is 33.6. The highest BCUT2D eigenvalue weighted by Crippen LogP contribution is 2.40. The first-order valence-corrected chi connectivity index (χ1v) is 31.4. The molecule has 11 nitrogen and oxygen atoms in total. The van der Waals surface area contributed by atoms with Crippen LogP contribution in [0, 0.1) is 0 Å². The number of rotatable bonds is 31. The Hall–Kier alpha value is -6.57. The summed E-state index contributed by atoms with van der Waals surface area (Å²) >= 11 is 0. The van der Waals surface area contributed by atoms with Crippen LogP contribution in [0.15, 0.2) is 188 Å². The standard InChI is InChI=1S/C74H94N7O4.3ClH/c1-11-12-13-14-15-16-17-18-19-20-51-82-59-32-24-55(25-33-59)71-63-40-42-65(75-63)72(56-26-34-60(35-27-56)83-52-21-48-79(2,3)4)67-44-46-69(77-67)74(58-30-38-62(39-31-58)85-54-23-50-81(8,9)10)70-47-45-68(78-70)73(66-43-41-64(71)76-66)57-28-36-61(37-29-57)84-53-22-49-80(5,6)7;;;/h24-47H,11-23,48-54H2,1-10H3;3*1H/q+3;;;/p-3. The molecule has 0 spiro atoms. The molecule has 88 heavy (non-hydrogen) atoms. The van der Waals surface area contributed by atoms with Gasteiger partial charge in [0.15, 0.2) is 0 Å². The third kappa shape index (κ3) is 20.5. The second-order valence-corrected chi connectivity index (χ2v) is 26.1. The van der Waals surface area contributed by atoms with Crippen molar-refractivity contribution in [3.05, 3.63) is 191 Å². The smallest absolute Gasteiger partial charge is 0.119 e. The van der Waals surface area contributed by atoms with Gasteiger partial charge in [-0.3, -0.25) is 0 Å². The third-order valence-electron chi connectivity index (χ3n) is 15.7. The van der Waals surface area contributed by atoms with E-state index in [4.69, 9.17) is 38.9 Å². The van der Waals surface area contributed by atoms with E-state index in [1.807, 2.05) is 0 Å². The molecule has 0 amide bonds. The molecule has 4 aromatic rings. The Kier molecular flexibility index (Phi) is 26.7. The fourth-order valence-corrected chi connectivity index (χ4v) is 11.1. The lowest BCUT2D eigenvalue weighted by Gasteiger charge is -2.23. The molecule has 0 aromatic heterocycles. The van der Waals surface area contributed by atoms with E-state index in [1.165, 1.54) is 57.8 Å². The Balaban J connectivity index is 0.00000412. The van der Waals surface area contributed by atoms with Crippen molar-refractivity contribution in [1.82, 2.24) is 0 Å². The van der Waals surface area contributed by atoms with Crippen molar-refractivity contribution < 1.29 is 69.6 Å². The molecule has 5 aliphatic heterocycles. The topological polar surface area (TPSA) is 86.4 Å². The van der Waals surface area contributed by atoms with Crippen molar-refractivity contribution >= 4 is 45.1 Å². The molecule has 0 unspecified atom stereocenters. The first kappa shape index (κ1) is 70.5. The number of allylic oxidation sites excluding steroid dienone is 12. The van der Waals surface area contributed by atoms with Gasteiger partial charge < -0.3 is 69.6 Å². The molecular formula is C74H94Cl3N7O4. The Morgan fingerprint density at radius 2 is 0.489 bits per heavy atom. The van der Waals surface area contributed by atoms with Gasteiger partial charge in [-0.15, -0.1) is 0 Å². The zero-order valence-electron chi connectivity index (χ0n) is 53.9. The van der Waals surface area contributed by atoms with Gasteiger partial charge in [-0.05, 0) is 126 Å². The number of unbranched alkanes of at least 4 members (excludes halogenated alkanes) is 9. The minimum Gasteiger partial charge on any atom is -1.00 e. The number of fused-ring (bicyclic) bond motifs is 4. The predicted octanol–water partition coefficient (Wildman–Crippen LogP) is 6.43. The lowest BCUT2D eigenvalue weighted by atomic mass is 9.98. The molecule has 5 aliphatic rings. The van der Waals surface area contributed by atoms with E-state index < -0.39 is 0 Å². The molecule has 0 saturated carbocycles. The van der Waals surface area contributed by atoms with Crippen LogP contribution in [-0.2, 0) is 0 Å². The first-order valence-electron chi connectivity index (χ1n) is 31.4. The van der Waals surface area contributed by atoms with Crippen LogP contribution in [0.25, 0.3) is 22.3 Å². The molecule has 9 rings (SSSR count). The van der Waals surface area contributed by atoms with Crippen molar-refractivity contribution in [1.29, 1.82) is 0 Å². The van der Waals surface area contributed by atoms with Crippen molar-refractivity contribution in [3.63, 3.8) is 0 Å². The molecule has 0 aliphatic carbocycles. The molecule has 0 atom stereocenters. The monoisotopic (exact) mass is 1250 g/mol. The number of hydrogen-bond acceptors (Lipinski definition) is 8. The maximum atomic E-state index is 6.37. The SMILES string of the molecule is CCCCCCCCCCCCOc1ccc(C2=C3C=CC(=N3)C(c3ccc(OCCC[N+](C)(C)C)cc3)=C3C=CC(=N3)C(c3ccc(OCCC[N+](C)(C)C)cc3)=C3C=CC(=N3)C(c3ccc(OCCC[N+](C)(C)C)cc3)=C3C=CC2=N3)cc1.[Cl-].[Cl-].[Cl-]. The number of nitrogens with zero attached hydrogens (tertiary/aromatic N) is 7. The quantitative estimate of drug-likeness (QED) is 0.0430. The van der Waals surface area contributed by atoms with Gasteiger partial charge in [-0.25, -0.2) is 20.0 Å². The summed E-state index contributed by atoms with van der Waals surface area (Å²) in [5.74, 6) is 3.35. The Morgan fingerprint density at radius 1 is 0.273 bits per heavy atom. The second kappa shape index (κ2) is 33.3. The van der Waals surface area contributed by atoms with Crippen molar-refractivity contribution in [2.24, 2.45) is 20.0 Å². The maximum Gasteiger partial charge on any atom is 0.119 e. The van der Waals surface area contributed by atoms with Crippen LogP contribution in [-0.4, -0.2) is 146 Å². The molecule has 8 bridgehead atoms. The number of ether oxygens (including phenoxy) is 4. The van der Waals surface area contributed by atoms with Crippen molar-refractivity contribution in [2.75, 3.05) is 109 Å². The Bertz CT molecular complexity index is 3300. The molecule has 0 saturated heterocycles. The average Bonchev–Trinajstić information content (AvgIpc) is 1.75. The molecule has 5 heterocycles. The molecule has 0 N–H and O–H groups in total. The van der Waals surface area contributed by atoms with Gasteiger partial charge in [0.2, 0.25) is 0 Å². The predicted molar refractivity (Wildman–Crippen MR) is 356 cm³/mol. The van der Waals surface area contributed by atoms with E-state index in [9.17, 15) is 0 Å². The van der Waals surface area contributed by atoms with Crippen molar-refractivity contribution in [3.8, 4) is 23.0 Å². The molecule has 0 fully saturated rings. The molecule has 0 radical (unpaired) electrons. The summed E-state index contributed by atoms with van der Waals surface area (Å²) in [7, 11) is 19.9. The summed E-state index contributed by atoms with van der Waals surface area (Å²) in [5, 5.41) is 0. The first-order chi connectivity index (χ1) is 41.0. The van der Waals surface area contributed by atoms with E-state index in [0.29, 0.717) is 26.4 Å². The number of benzene rings is 4. The molecule has 14 heteroatoms. The van der Waals surface area contributed by atoms with E-state index in [-0.39, 0.29) is 37.2 Å². The van der Waals surface area contributed by atoms with E-state index in [0.717, 1.165) is 172 Å². The van der Waals surface area contributed by atoms with Crippen LogP contribution in [0.4, 0.5) is 0 Å². The summed E-state index contributed by atoms with van der Waals surface area (Å²) in [6.45, 7) is 8.00. The third-order valence-corrected chi connectivity index (χ3v) is 15.7. The minimum atomic E-state index is 0. The van der Waals surface area contributed by atoms with Crippen LogP contribution >= 0.6 is 0 Å². The van der Waals surface area contributed by atoms with E-state index in [2.05, 4.69) is 216 Å². The highest BCUT2D eigenvalue weighted by atomic mass is 35.5. The van der Waals surface area contributed by atoms with Crippen LogP contribution < -0.4 is 56.2 Å². The van der Waals surface area contributed by atoms with Crippen LogP contribution in [0.2, 0.25) is 0 Å². The van der Waals surface area contributed by atoms with Gasteiger partial charge in [0.05, 0.1) is 155 Å². The molecule has 4 aromatic carbocycles. The lowest BCUT2D eigenvalue weighted by Crippen LogP contribution is -3.00. The highest BCUT2D eigenvalue weighted by Gasteiger charge is 2.28. The summed E-state index contributed by atoms with van der Waals surface area (Å²) in [6.07, 6.45) is 32.7. The maximum absolute atomic E-state index is 6.37. The summed E-state index contributed by atoms with van der Waals surface area (Å²) in [4.78, 5) is 22.2. The summed E-state index contributed by atoms with van der Waals surface area (Å²) in [5.41, 5.74) is 14.0. The number of halogens is 3. The van der Waals surface area contributed by atoms with Crippen LogP contribution in [0.3, 0.4) is 0 Å². The molecule has 470 valence electrons. The summed E-state index contributed by atoms with van der Waals surface area (Å²) < 4.78 is 27.9. The molecular weight excluding hydrogens is 1160 g/mol.